The minimum atomic E-state index is -0.870. The summed E-state index contributed by atoms with van der Waals surface area (Å²) in [7, 11) is 0. The monoisotopic (exact) mass is 238 g/mol. The van der Waals surface area contributed by atoms with Crippen LogP contribution in [0, 0.1) is 29.4 Å². The lowest BCUT2D eigenvalue weighted by Crippen LogP contribution is -2.03. The van der Waals surface area contributed by atoms with Crippen molar-refractivity contribution in [3.8, 4) is 0 Å². The minimum absolute atomic E-state index is 0.266. The second-order valence-electron chi connectivity index (χ2n) is 5.31. The van der Waals surface area contributed by atoms with Gasteiger partial charge in [0.25, 0.3) is 0 Å². The number of aliphatic hydroxyl groups excluding tert-OH is 1. The molecular formula is C14H16F2O. The van der Waals surface area contributed by atoms with Crippen LogP contribution in [0.2, 0.25) is 0 Å². The van der Waals surface area contributed by atoms with Gasteiger partial charge in [-0.05, 0) is 48.3 Å². The maximum Gasteiger partial charge on any atom is 0.159 e. The maximum absolute atomic E-state index is 13.1. The van der Waals surface area contributed by atoms with E-state index in [0.717, 1.165) is 12.1 Å². The van der Waals surface area contributed by atoms with Gasteiger partial charge in [0.1, 0.15) is 0 Å². The Balaban J connectivity index is 1.78. The topological polar surface area (TPSA) is 20.2 Å². The molecule has 3 atom stereocenters. The van der Waals surface area contributed by atoms with Crippen LogP contribution in [-0.2, 0) is 0 Å². The van der Waals surface area contributed by atoms with Crippen molar-refractivity contribution >= 4 is 0 Å². The van der Waals surface area contributed by atoms with Gasteiger partial charge in [-0.3, -0.25) is 0 Å². The second kappa shape index (κ2) is 4.05. The minimum Gasteiger partial charge on any atom is -0.388 e. The summed E-state index contributed by atoms with van der Waals surface area (Å²) < 4.78 is 25.9. The Morgan fingerprint density at radius 3 is 2.29 bits per heavy atom. The molecule has 92 valence electrons. The molecule has 0 saturated heterocycles. The first-order valence-electron chi connectivity index (χ1n) is 6.31. The van der Waals surface area contributed by atoms with E-state index in [-0.39, 0.29) is 5.92 Å². The number of fused-ring (bicyclic) bond motifs is 1. The van der Waals surface area contributed by atoms with Gasteiger partial charge in [-0.1, -0.05) is 18.9 Å². The fourth-order valence-corrected chi connectivity index (χ4v) is 3.43. The summed E-state index contributed by atoms with van der Waals surface area (Å²) >= 11 is 0. The van der Waals surface area contributed by atoms with Gasteiger partial charge in [0.05, 0.1) is 6.10 Å². The van der Waals surface area contributed by atoms with Crippen molar-refractivity contribution in [1.82, 2.24) is 0 Å². The average Bonchev–Trinajstić information content (AvgIpc) is 3.06. The van der Waals surface area contributed by atoms with Gasteiger partial charge in [-0.25, -0.2) is 8.78 Å². The van der Waals surface area contributed by atoms with Crippen LogP contribution in [0.5, 0.6) is 0 Å². The summed E-state index contributed by atoms with van der Waals surface area (Å²) in [5.74, 6) is -0.250. The van der Waals surface area contributed by atoms with E-state index in [1.54, 1.807) is 0 Å². The van der Waals surface area contributed by atoms with Crippen LogP contribution < -0.4 is 0 Å². The molecule has 0 amide bonds. The van der Waals surface area contributed by atoms with E-state index >= 15 is 0 Å². The number of benzene rings is 1. The molecule has 17 heavy (non-hydrogen) atoms. The highest BCUT2D eigenvalue weighted by molar-refractivity contribution is 5.23. The summed E-state index contributed by atoms with van der Waals surface area (Å²) in [6.07, 6.45) is 4.20. The summed E-state index contributed by atoms with van der Waals surface area (Å²) in [6, 6.07) is 3.72. The molecule has 1 aromatic carbocycles. The van der Waals surface area contributed by atoms with E-state index in [4.69, 9.17) is 0 Å². The molecule has 3 heteroatoms. The van der Waals surface area contributed by atoms with Gasteiger partial charge in [0.15, 0.2) is 11.6 Å². The predicted octanol–water partition coefficient (Wildman–Crippen LogP) is 3.43. The molecule has 3 rings (SSSR count). The molecule has 1 N–H and O–H groups in total. The van der Waals surface area contributed by atoms with E-state index in [2.05, 4.69) is 0 Å². The Morgan fingerprint density at radius 2 is 1.71 bits per heavy atom. The Labute approximate surface area is 99.5 Å². The molecule has 2 fully saturated rings. The van der Waals surface area contributed by atoms with Gasteiger partial charge >= 0.3 is 0 Å². The van der Waals surface area contributed by atoms with Crippen LogP contribution in [0.15, 0.2) is 18.2 Å². The van der Waals surface area contributed by atoms with Gasteiger partial charge < -0.3 is 5.11 Å². The Bertz CT molecular complexity index is 420. The van der Waals surface area contributed by atoms with Gasteiger partial charge in [0, 0.05) is 0 Å². The molecular weight excluding hydrogens is 222 g/mol. The van der Waals surface area contributed by atoms with Gasteiger partial charge in [-0.15, -0.1) is 0 Å². The van der Waals surface area contributed by atoms with Gasteiger partial charge in [0.2, 0.25) is 0 Å². The fraction of sp³-hybridized carbons (Fsp3) is 0.571. The molecule has 2 saturated carbocycles. The molecule has 2 aliphatic carbocycles. The molecule has 0 radical (unpaired) electrons. The van der Waals surface area contributed by atoms with Crippen molar-refractivity contribution in [2.24, 2.45) is 17.8 Å². The molecule has 1 nitrogen and oxygen atoms in total. The molecule has 3 unspecified atom stereocenters. The van der Waals surface area contributed by atoms with E-state index in [0.29, 0.717) is 17.4 Å². The Kier molecular flexibility index (Phi) is 2.66. The zero-order valence-electron chi connectivity index (χ0n) is 9.57. The Morgan fingerprint density at radius 1 is 1.06 bits per heavy atom. The largest absolute Gasteiger partial charge is 0.388 e. The van der Waals surface area contributed by atoms with E-state index in [1.807, 2.05) is 0 Å². The SMILES string of the molecule is OC(c1ccc(F)c(F)c1)C1C2CCCCC21. The van der Waals surface area contributed by atoms with Crippen LogP contribution >= 0.6 is 0 Å². The second-order valence-corrected chi connectivity index (χ2v) is 5.31. The van der Waals surface area contributed by atoms with E-state index in [9.17, 15) is 13.9 Å². The van der Waals surface area contributed by atoms with E-state index < -0.39 is 17.7 Å². The standard InChI is InChI=1S/C14H16F2O/c15-11-6-5-8(7-12(11)16)14(17)13-9-3-1-2-4-10(9)13/h5-7,9-10,13-14,17H,1-4H2. The first-order chi connectivity index (χ1) is 8.18. The lowest BCUT2D eigenvalue weighted by atomic mass is 10.0. The van der Waals surface area contributed by atoms with Crippen molar-refractivity contribution < 1.29 is 13.9 Å². The van der Waals surface area contributed by atoms with E-state index in [1.165, 1.54) is 31.7 Å². The normalized spacial score (nSPS) is 33.0. The maximum atomic E-state index is 13.1. The third-order valence-electron chi connectivity index (χ3n) is 4.37. The lowest BCUT2D eigenvalue weighted by Gasteiger charge is -2.11. The number of aliphatic hydroxyl groups is 1. The molecule has 0 heterocycles. The summed E-state index contributed by atoms with van der Waals surface area (Å²) in [5.41, 5.74) is 0.517. The summed E-state index contributed by atoms with van der Waals surface area (Å²) in [4.78, 5) is 0. The van der Waals surface area contributed by atoms with Crippen LogP contribution in [0.4, 0.5) is 8.78 Å². The smallest absolute Gasteiger partial charge is 0.159 e. The van der Waals surface area contributed by atoms with Crippen LogP contribution in [0.3, 0.4) is 0 Å². The van der Waals surface area contributed by atoms with Crippen molar-refractivity contribution in [1.29, 1.82) is 0 Å². The quantitative estimate of drug-likeness (QED) is 0.836. The number of rotatable bonds is 2. The van der Waals surface area contributed by atoms with Crippen LogP contribution in [0.25, 0.3) is 0 Å². The Hall–Kier alpha value is -0.960. The fourth-order valence-electron chi connectivity index (χ4n) is 3.43. The highest BCUT2D eigenvalue weighted by Gasteiger charge is 2.54. The highest BCUT2D eigenvalue weighted by atomic mass is 19.2. The average molecular weight is 238 g/mol. The number of hydrogen-bond acceptors (Lipinski definition) is 1. The lowest BCUT2D eigenvalue weighted by molar-refractivity contribution is 0.141. The third kappa shape index (κ3) is 1.86. The third-order valence-corrected chi connectivity index (χ3v) is 4.37. The van der Waals surface area contributed by atoms with Crippen molar-refractivity contribution in [3.63, 3.8) is 0 Å². The number of halogens is 2. The van der Waals surface area contributed by atoms with Crippen LogP contribution in [0.1, 0.15) is 37.4 Å². The first kappa shape index (κ1) is 11.1. The van der Waals surface area contributed by atoms with Crippen molar-refractivity contribution in [3.05, 3.63) is 35.4 Å². The molecule has 2 aliphatic rings. The number of hydrogen-bond donors (Lipinski definition) is 1. The zero-order valence-corrected chi connectivity index (χ0v) is 9.57. The highest BCUT2D eigenvalue weighted by Crippen LogP contribution is 2.60. The molecule has 1 aromatic rings. The van der Waals surface area contributed by atoms with Crippen molar-refractivity contribution in [2.45, 2.75) is 31.8 Å². The zero-order chi connectivity index (χ0) is 12.0. The molecule has 0 spiro atoms. The molecule has 0 aliphatic heterocycles. The van der Waals surface area contributed by atoms with Crippen LogP contribution in [-0.4, -0.2) is 5.11 Å². The predicted molar refractivity (Wildman–Crippen MR) is 60.3 cm³/mol. The molecule has 0 bridgehead atoms. The summed E-state index contributed by atoms with van der Waals surface area (Å²) in [5, 5.41) is 10.2. The van der Waals surface area contributed by atoms with Gasteiger partial charge in [-0.2, -0.15) is 0 Å². The summed E-state index contributed by atoms with van der Waals surface area (Å²) in [6.45, 7) is 0. The molecule has 0 aromatic heterocycles. The van der Waals surface area contributed by atoms with Crippen molar-refractivity contribution in [2.75, 3.05) is 0 Å². The first-order valence-corrected chi connectivity index (χ1v) is 6.31.